The number of hydrogen-bond donors (Lipinski definition) is 2. The van der Waals surface area contributed by atoms with Gasteiger partial charge >= 0.3 is 0 Å². The molecule has 1 heterocycles. The van der Waals surface area contributed by atoms with Crippen molar-refractivity contribution >= 4 is 62.3 Å². The molecule has 0 amide bonds. The first-order chi connectivity index (χ1) is 10.0. The Kier molecular flexibility index (Phi) is 3.81. The summed E-state index contributed by atoms with van der Waals surface area (Å²) < 4.78 is 14.1. The van der Waals surface area contributed by atoms with Gasteiger partial charge in [-0.2, -0.15) is 0 Å². The monoisotopic (exact) mass is 414 g/mol. The van der Waals surface area contributed by atoms with E-state index < -0.39 is 5.82 Å². The molecule has 0 bridgehead atoms. The number of nitrogens with two attached hydrogens (primary N) is 1. The molecule has 0 aliphatic carbocycles. The van der Waals surface area contributed by atoms with Gasteiger partial charge < -0.3 is 11.1 Å². The van der Waals surface area contributed by atoms with Crippen LogP contribution in [0.4, 0.5) is 21.6 Å². The van der Waals surface area contributed by atoms with Crippen molar-refractivity contribution in [1.82, 2.24) is 9.97 Å². The number of nitrogen functional groups attached to an aromatic ring is 1. The van der Waals surface area contributed by atoms with E-state index in [9.17, 15) is 4.39 Å². The normalized spacial score (nSPS) is 10.8. The highest BCUT2D eigenvalue weighted by Crippen LogP contribution is 2.29. The number of benzene rings is 2. The van der Waals surface area contributed by atoms with Crippen LogP contribution in [0.2, 0.25) is 5.02 Å². The van der Waals surface area contributed by atoms with Gasteiger partial charge in [0.15, 0.2) is 0 Å². The number of rotatable bonds is 2. The maximum absolute atomic E-state index is 13.2. The summed E-state index contributed by atoms with van der Waals surface area (Å²) in [7, 11) is 0. The summed E-state index contributed by atoms with van der Waals surface area (Å²) in [6.45, 7) is 0. The maximum atomic E-state index is 13.2. The van der Waals surface area contributed by atoms with Crippen LogP contribution < -0.4 is 11.1 Å². The van der Waals surface area contributed by atoms with Gasteiger partial charge in [0.1, 0.15) is 18.0 Å². The van der Waals surface area contributed by atoms with Crippen molar-refractivity contribution in [1.29, 1.82) is 0 Å². The summed E-state index contributed by atoms with van der Waals surface area (Å²) in [5.41, 5.74) is 8.00. The van der Waals surface area contributed by atoms with Crippen molar-refractivity contribution in [2.24, 2.45) is 0 Å². The van der Waals surface area contributed by atoms with E-state index in [4.69, 9.17) is 17.3 Å². The van der Waals surface area contributed by atoms with Crippen LogP contribution in [0, 0.1) is 9.39 Å². The lowest BCUT2D eigenvalue weighted by molar-refractivity contribution is 0.628. The zero-order valence-corrected chi connectivity index (χ0v) is 13.5. The first-order valence-electron chi connectivity index (χ1n) is 5.96. The largest absolute Gasteiger partial charge is 0.398 e. The molecule has 3 rings (SSSR count). The zero-order chi connectivity index (χ0) is 15.0. The van der Waals surface area contributed by atoms with Gasteiger partial charge in [-0.25, -0.2) is 14.4 Å². The topological polar surface area (TPSA) is 63.8 Å². The van der Waals surface area contributed by atoms with Crippen LogP contribution in [0.15, 0.2) is 36.7 Å². The Morgan fingerprint density at radius 1 is 1.19 bits per heavy atom. The van der Waals surface area contributed by atoms with Crippen LogP contribution in [0.1, 0.15) is 0 Å². The summed E-state index contributed by atoms with van der Waals surface area (Å²) in [4.78, 5) is 8.43. The molecule has 0 saturated carbocycles. The fourth-order valence-corrected chi connectivity index (χ4v) is 2.54. The van der Waals surface area contributed by atoms with Gasteiger partial charge in [-0.3, -0.25) is 0 Å². The Labute approximate surface area is 138 Å². The number of fused-ring (bicyclic) bond motifs is 1. The Hall–Kier alpha value is -1.67. The smallest absolute Gasteiger partial charge is 0.141 e. The van der Waals surface area contributed by atoms with Crippen molar-refractivity contribution in [3.05, 3.63) is 51.1 Å². The molecule has 0 saturated heterocycles. The van der Waals surface area contributed by atoms with E-state index >= 15 is 0 Å². The number of nitrogens with zero attached hydrogens (tertiary/aromatic N) is 2. The van der Waals surface area contributed by atoms with E-state index in [-0.39, 0.29) is 5.02 Å². The molecule has 3 N–H and O–H groups in total. The molecule has 7 heteroatoms. The van der Waals surface area contributed by atoms with E-state index in [0.29, 0.717) is 17.2 Å². The van der Waals surface area contributed by atoms with Crippen molar-refractivity contribution in [2.75, 3.05) is 11.1 Å². The van der Waals surface area contributed by atoms with E-state index in [1.165, 1.54) is 18.5 Å². The zero-order valence-electron chi connectivity index (χ0n) is 10.6. The van der Waals surface area contributed by atoms with Gasteiger partial charge in [-0.05, 0) is 52.9 Å². The van der Waals surface area contributed by atoms with E-state index in [1.807, 2.05) is 12.1 Å². The van der Waals surface area contributed by atoms with Gasteiger partial charge in [-0.15, -0.1) is 0 Å². The predicted molar refractivity (Wildman–Crippen MR) is 91.4 cm³/mol. The van der Waals surface area contributed by atoms with Crippen molar-refractivity contribution in [3.63, 3.8) is 0 Å². The Bertz CT molecular complexity index is 841. The molecule has 0 spiro atoms. The molecule has 0 unspecified atom stereocenters. The lowest BCUT2D eigenvalue weighted by atomic mass is 10.2. The van der Waals surface area contributed by atoms with Crippen molar-refractivity contribution in [2.45, 2.75) is 0 Å². The molecule has 0 radical (unpaired) electrons. The third kappa shape index (κ3) is 2.86. The number of halogens is 3. The van der Waals surface area contributed by atoms with Crippen LogP contribution >= 0.6 is 34.2 Å². The average Bonchev–Trinajstić information content (AvgIpc) is 2.45. The Balaban J connectivity index is 2.07. The van der Waals surface area contributed by atoms with E-state index in [2.05, 4.69) is 37.9 Å². The molecule has 0 aliphatic heterocycles. The molecule has 21 heavy (non-hydrogen) atoms. The highest BCUT2D eigenvalue weighted by atomic mass is 127. The molecule has 4 nitrogen and oxygen atoms in total. The fourth-order valence-electron chi connectivity index (χ4n) is 1.90. The summed E-state index contributed by atoms with van der Waals surface area (Å²) in [5, 5.41) is 3.94. The molecule has 2 aromatic carbocycles. The Morgan fingerprint density at radius 2 is 2.00 bits per heavy atom. The maximum Gasteiger partial charge on any atom is 0.141 e. The third-order valence-electron chi connectivity index (χ3n) is 2.94. The molecule has 106 valence electrons. The number of hydrogen-bond acceptors (Lipinski definition) is 4. The Morgan fingerprint density at radius 3 is 2.76 bits per heavy atom. The molecule has 0 fully saturated rings. The standard InChI is InChI=1S/C14H9ClFIN4/c15-9-3-7(1-2-10(9)16)21-14-8-4-12(18)11(17)5-13(8)19-6-20-14/h1-6H,18H2,(H,19,20,21). The van der Waals surface area contributed by atoms with Gasteiger partial charge in [0, 0.05) is 20.3 Å². The number of aromatic nitrogens is 2. The molecule has 3 aromatic rings. The summed E-state index contributed by atoms with van der Waals surface area (Å²) in [6.07, 6.45) is 1.46. The van der Waals surface area contributed by atoms with Crippen LogP contribution in [0.3, 0.4) is 0 Å². The second kappa shape index (κ2) is 5.61. The molecular weight excluding hydrogens is 406 g/mol. The summed E-state index contributed by atoms with van der Waals surface area (Å²) in [6, 6.07) is 8.08. The van der Waals surface area contributed by atoms with Crippen LogP contribution in [-0.2, 0) is 0 Å². The van der Waals surface area contributed by atoms with Gasteiger partial charge in [0.25, 0.3) is 0 Å². The highest BCUT2D eigenvalue weighted by molar-refractivity contribution is 14.1. The van der Waals surface area contributed by atoms with Crippen LogP contribution in [-0.4, -0.2) is 9.97 Å². The average molecular weight is 415 g/mol. The van der Waals surface area contributed by atoms with Gasteiger partial charge in [0.2, 0.25) is 0 Å². The number of anilines is 3. The SMILES string of the molecule is Nc1cc2c(Nc3ccc(F)c(Cl)c3)ncnc2cc1I. The first kappa shape index (κ1) is 14.3. The van der Waals surface area contributed by atoms with Crippen LogP contribution in [0.25, 0.3) is 10.9 Å². The molecule has 0 atom stereocenters. The van der Waals surface area contributed by atoms with Crippen LogP contribution in [0.5, 0.6) is 0 Å². The third-order valence-corrected chi connectivity index (χ3v) is 4.16. The van der Waals surface area contributed by atoms with E-state index in [1.54, 1.807) is 6.07 Å². The highest BCUT2D eigenvalue weighted by Gasteiger charge is 2.08. The summed E-state index contributed by atoms with van der Waals surface area (Å²) >= 11 is 7.93. The minimum absolute atomic E-state index is 0.0485. The predicted octanol–water partition coefficient (Wildman–Crippen LogP) is 4.35. The minimum Gasteiger partial charge on any atom is -0.398 e. The first-order valence-corrected chi connectivity index (χ1v) is 7.42. The van der Waals surface area contributed by atoms with Crippen molar-refractivity contribution < 1.29 is 4.39 Å². The molecule has 1 aromatic heterocycles. The van der Waals surface area contributed by atoms with E-state index in [0.717, 1.165) is 14.5 Å². The molecular formula is C14H9ClFIN4. The molecule has 0 aliphatic rings. The minimum atomic E-state index is -0.464. The second-order valence-corrected chi connectivity index (χ2v) is 5.94. The van der Waals surface area contributed by atoms with Gasteiger partial charge in [-0.1, -0.05) is 11.6 Å². The lowest BCUT2D eigenvalue weighted by Gasteiger charge is -2.10. The van der Waals surface area contributed by atoms with Gasteiger partial charge in [0.05, 0.1) is 10.5 Å². The fraction of sp³-hybridized carbons (Fsp3) is 0. The van der Waals surface area contributed by atoms with Crippen molar-refractivity contribution in [3.8, 4) is 0 Å². The number of nitrogens with one attached hydrogen (secondary N) is 1. The summed E-state index contributed by atoms with van der Waals surface area (Å²) in [5.74, 6) is 0.124. The quantitative estimate of drug-likeness (QED) is 0.483. The lowest BCUT2D eigenvalue weighted by Crippen LogP contribution is -1.98. The second-order valence-electron chi connectivity index (χ2n) is 4.37.